The first-order valence-electron chi connectivity index (χ1n) is 6.66. The Labute approximate surface area is 159 Å². The summed E-state index contributed by atoms with van der Waals surface area (Å²) in [4.78, 5) is 16.9. The van der Waals surface area contributed by atoms with Crippen LogP contribution in [0.25, 0.3) is 10.2 Å². The van der Waals surface area contributed by atoms with Gasteiger partial charge < -0.3 is 5.32 Å². The maximum Gasteiger partial charge on any atom is 0.325 e. The highest BCUT2D eigenvalue weighted by Gasteiger charge is 2.16. The topological polar surface area (TPSA) is 77.8 Å². The van der Waals surface area contributed by atoms with Gasteiger partial charge in [-0.25, -0.2) is 14.2 Å². The van der Waals surface area contributed by atoms with Gasteiger partial charge in [0.05, 0.1) is 25.2 Å². The number of urea groups is 1. The maximum absolute atomic E-state index is 12.9. The largest absolute Gasteiger partial charge is 0.325 e. The average Bonchev–Trinajstić information content (AvgIpc) is 2.99. The minimum absolute atomic E-state index is 0.290. The van der Waals surface area contributed by atoms with Crippen LogP contribution < -0.4 is 10.6 Å². The molecule has 2 N–H and O–H groups in total. The van der Waals surface area contributed by atoms with Gasteiger partial charge in [-0.15, -0.1) is 0 Å². The van der Waals surface area contributed by atoms with Crippen molar-refractivity contribution in [3.63, 3.8) is 0 Å². The third-order valence-electron chi connectivity index (χ3n) is 3.01. The lowest BCUT2D eigenvalue weighted by atomic mass is 10.3. The van der Waals surface area contributed by atoms with Crippen LogP contribution >= 0.6 is 46.3 Å². The summed E-state index contributed by atoms with van der Waals surface area (Å²) in [7, 11) is 0. The molecule has 1 aromatic heterocycles. The summed E-state index contributed by atoms with van der Waals surface area (Å²) in [6.45, 7) is 0. The fraction of sp³-hybridized carbons (Fsp3) is 0. The van der Waals surface area contributed by atoms with E-state index in [2.05, 4.69) is 15.6 Å². The molecule has 126 valence electrons. The smallest absolute Gasteiger partial charge is 0.308 e. The molecule has 5 nitrogen and oxygen atoms in total. The number of rotatable bonds is 3. The number of amides is 2. The molecule has 2 aromatic carbocycles. The molecule has 3 rings (SSSR count). The fourth-order valence-corrected chi connectivity index (χ4v) is 4.06. The molecular weight excluding hydrogens is 406 g/mol. The fourth-order valence-electron chi connectivity index (χ4n) is 1.96. The number of nitriles is 1. The highest BCUT2D eigenvalue weighted by atomic mass is 35.5. The molecule has 0 aliphatic carbocycles. The van der Waals surface area contributed by atoms with Gasteiger partial charge in [0, 0.05) is 5.69 Å². The number of carbonyl (C=O) groups excluding carboxylic acids is 1. The van der Waals surface area contributed by atoms with Crippen molar-refractivity contribution in [2.45, 2.75) is 4.90 Å². The number of hydrogen-bond acceptors (Lipinski definition) is 5. The third kappa shape index (κ3) is 3.96. The number of thiocyanates is 1. The maximum atomic E-state index is 12.9. The van der Waals surface area contributed by atoms with Gasteiger partial charge in [0.15, 0.2) is 5.13 Å². The summed E-state index contributed by atoms with van der Waals surface area (Å²) in [6, 6.07) is 6.36. The van der Waals surface area contributed by atoms with E-state index >= 15 is 0 Å². The predicted molar refractivity (Wildman–Crippen MR) is 100 cm³/mol. The molecule has 0 bridgehead atoms. The number of thiazole rings is 1. The van der Waals surface area contributed by atoms with Gasteiger partial charge in [0.2, 0.25) is 0 Å². The Morgan fingerprint density at radius 1 is 1.28 bits per heavy atom. The number of hydrogen-bond donors (Lipinski definition) is 2. The molecule has 0 saturated heterocycles. The van der Waals surface area contributed by atoms with Gasteiger partial charge in [0.25, 0.3) is 0 Å². The van der Waals surface area contributed by atoms with Crippen molar-refractivity contribution >= 4 is 73.4 Å². The van der Waals surface area contributed by atoms with E-state index in [1.807, 2.05) is 5.40 Å². The second kappa shape index (κ2) is 7.45. The Hall–Kier alpha value is -2.05. The average molecular weight is 413 g/mol. The molecule has 2 amide bonds. The van der Waals surface area contributed by atoms with Crippen LogP contribution in [0.15, 0.2) is 35.2 Å². The van der Waals surface area contributed by atoms with Gasteiger partial charge in [0.1, 0.15) is 11.2 Å². The number of fused-ring (bicyclic) bond motifs is 1. The van der Waals surface area contributed by atoms with Crippen LogP contribution in [-0.2, 0) is 0 Å². The Morgan fingerprint density at radius 2 is 2.00 bits per heavy atom. The van der Waals surface area contributed by atoms with E-state index in [0.29, 0.717) is 36.0 Å². The van der Waals surface area contributed by atoms with Gasteiger partial charge >= 0.3 is 6.03 Å². The van der Waals surface area contributed by atoms with Gasteiger partial charge in [-0.1, -0.05) is 34.5 Å². The van der Waals surface area contributed by atoms with Crippen LogP contribution in [0.4, 0.5) is 20.0 Å². The second-order valence-corrected chi connectivity index (χ2v) is 7.26. The summed E-state index contributed by atoms with van der Waals surface area (Å²) in [5.74, 6) is -0.397. The second-order valence-electron chi connectivity index (χ2n) is 4.65. The van der Waals surface area contributed by atoms with Gasteiger partial charge in [-0.05, 0) is 42.1 Å². The van der Waals surface area contributed by atoms with E-state index in [0.717, 1.165) is 23.1 Å². The molecule has 0 saturated carbocycles. The SMILES string of the molecule is N#CSc1cc(Cl)c(Cl)c2sc(NC(=O)Nc3ccc(F)cc3)nc12. The van der Waals surface area contributed by atoms with Crippen molar-refractivity contribution in [2.75, 3.05) is 10.6 Å². The Kier molecular flexibility index (Phi) is 5.30. The predicted octanol–water partition coefficient (Wildman–Crippen LogP) is 5.96. The Bertz CT molecular complexity index is 1000. The molecule has 1 heterocycles. The third-order valence-corrected chi connectivity index (χ3v) is 5.52. The first-order chi connectivity index (χ1) is 12.0. The molecule has 0 fully saturated rings. The minimum atomic E-state index is -0.539. The van der Waals surface area contributed by atoms with E-state index in [1.54, 1.807) is 6.07 Å². The normalized spacial score (nSPS) is 10.5. The van der Waals surface area contributed by atoms with Crippen molar-refractivity contribution in [3.05, 3.63) is 46.2 Å². The van der Waals surface area contributed by atoms with Crippen molar-refractivity contribution in [3.8, 4) is 5.40 Å². The van der Waals surface area contributed by atoms with Crippen LogP contribution in [-0.4, -0.2) is 11.0 Å². The van der Waals surface area contributed by atoms with Crippen LogP contribution in [0.3, 0.4) is 0 Å². The van der Waals surface area contributed by atoms with Crippen molar-refractivity contribution in [1.29, 1.82) is 5.26 Å². The highest BCUT2D eigenvalue weighted by molar-refractivity contribution is 8.04. The molecule has 0 radical (unpaired) electrons. The summed E-state index contributed by atoms with van der Waals surface area (Å²) in [6.07, 6.45) is 0. The molecule has 10 heteroatoms. The first-order valence-corrected chi connectivity index (χ1v) is 9.05. The number of nitrogens with one attached hydrogen (secondary N) is 2. The zero-order valence-electron chi connectivity index (χ0n) is 12.1. The molecule has 0 unspecified atom stereocenters. The van der Waals surface area contributed by atoms with Gasteiger partial charge in [-0.3, -0.25) is 5.32 Å². The van der Waals surface area contributed by atoms with Crippen molar-refractivity contribution in [2.24, 2.45) is 0 Å². The van der Waals surface area contributed by atoms with E-state index in [1.165, 1.54) is 24.3 Å². The summed E-state index contributed by atoms with van der Waals surface area (Å²) in [5, 5.41) is 16.9. The Balaban J connectivity index is 1.85. The van der Waals surface area contributed by atoms with E-state index < -0.39 is 11.8 Å². The van der Waals surface area contributed by atoms with E-state index in [4.69, 9.17) is 28.5 Å². The quantitative estimate of drug-likeness (QED) is 0.410. The van der Waals surface area contributed by atoms with E-state index in [-0.39, 0.29) is 0 Å². The highest BCUT2D eigenvalue weighted by Crippen LogP contribution is 2.41. The minimum Gasteiger partial charge on any atom is -0.308 e. The number of aromatic nitrogens is 1. The van der Waals surface area contributed by atoms with Crippen molar-refractivity contribution in [1.82, 2.24) is 4.98 Å². The van der Waals surface area contributed by atoms with Crippen LogP contribution in [0.1, 0.15) is 0 Å². The lowest BCUT2D eigenvalue weighted by molar-refractivity contribution is 0.262. The van der Waals surface area contributed by atoms with Crippen LogP contribution in [0.2, 0.25) is 10.0 Å². The monoisotopic (exact) mass is 412 g/mol. The number of carbonyl (C=O) groups is 1. The van der Waals surface area contributed by atoms with Crippen LogP contribution in [0, 0.1) is 16.5 Å². The van der Waals surface area contributed by atoms with Gasteiger partial charge in [-0.2, -0.15) is 5.26 Å². The zero-order valence-corrected chi connectivity index (χ0v) is 15.3. The van der Waals surface area contributed by atoms with Crippen LogP contribution in [0.5, 0.6) is 0 Å². The molecular formula is C15H7Cl2FN4OS2. The zero-order chi connectivity index (χ0) is 18.0. The lowest BCUT2D eigenvalue weighted by Gasteiger charge is -2.04. The summed E-state index contributed by atoms with van der Waals surface area (Å²) >= 11 is 14.3. The number of anilines is 2. The summed E-state index contributed by atoms with van der Waals surface area (Å²) < 4.78 is 13.4. The lowest BCUT2D eigenvalue weighted by Crippen LogP contribution is -2.19. The van der Waals surface area contributed by atoms with E-state index in [9.17, 15) is 9.18 Å². The first kappa shape index (κ1) is 17.8. The molecule has 3 aromatic rings. The molecule has 0 aliphatic heterocycles. The summed E-state index contributed by atoms with van der Waals surface area (Å²) in [5.41, 5.74) is 0.921. The number of nitrogens with zero attached hydrogens (tertiary/aromatic N) is 2. The van der Waals surface area contributed by atoms with Crippen molar-refractivity contribution < 1.29 is 9.18 Å². The number of halogens is 3. The molecule has 0 atom stereocenters. The molecule has 25 heavy (non-hydrogen) atoms. The standard InChI is InChI=1S/C15H7Cl2FN4OS2/c16-9-5-10(24-6-19)12-13(11(9)17)25-15(21-12)22-14(23)20-8-3-1-7(18)2-4-8/h1-5H,(H2,20,21,22,23). The molecule has 0 aliphatic rings. The molecule has 0 spiro atoms. The Morgan fingerprint density at radius 3 is 2.68 bits per heavy atom. The number of thioether (sulfide) groups is 1. The number of benzene rings is 2.